The number of rotatable bonds is 7. The van der Waals surface area contributed by atoms with Crippen molar-refractivity contribution in [2.45, 2.75) is 13.3 Å². The molecule has 188 valence electrons. The molecule has 2 amide bonds. The lowest BCUT2D eigenvalue weighted by atomic mass is 10.1. The highest BCUT2D eigenvalue weighted by Gasteiger charge is 2.26. The first-order valence-electron chi connectivity index (χ1n) is 12.6. The SMILES string of the molecule is CCc1ccccc1NC(=O)CN1CCN(C(=O)c2ccccc2-c2ncc(-c3ccccc3)o2)CC1. The summed E-state index contributed by atoms with van der Waals surface area (Å²) >= 11 is 0. The fourth-order valence-corrected chi connectivity index (χ4v) is 4.61. The van der Waals surface area contributed by atoms with Crippen LogP contribution in [-0.4, -0.2) is 59.3 Å². The number of oxazole rings is 1. The van der Waals surface area contributed by atoms with Gasteiger partial charge in [-0.05, 0) is 30.2 Å². The van der Waals surface area contributed by atoms with E-state index in [0.29, 0.717) is 55.5 Å². The minimum atomic E-state index is -0.0592. The summed E-state index contributed by atoms with van der Waals surface area (Å²) in [7, 11) is 0. The Bertz CT molecular complexity index is 1370. The molecule has 7 heteroatoms. The van der Waals surface area contributed by atoms with Gasteiger partial charge in [0.2, 0.25) is 11.8 Å². The largest absolute Gasteiger partial charge is 0.436 e. The monoisotopic (exact) mass is 494 g/mol. The third-order valence-corrected chi connectivity index (χ3v) is 6.65. The van der Waals surface area contributed by atoms with Crippen LogP contribution >= 0.6 is 0 Å². The molecule has 7 nitrogen and oxygen atoms in total. The first kappa shape index (κ1) is 24.5. The number of nitrogens with one attached hydrogen (secondary N) is 1. The van der Waals surface area contributed by atoms with Crippen molar-refractivity contribution >= 4 is 17.5 Å². The zero-order valence-electron chi connectivity index (χ0n) is 20.9. The van der Waals surface area contributed by atoms with Crippen LogP contribution in [0.4, 0.5) is 5.69 Å². The van der Waals surface area contributed by atoms with Crippen molar-refractivity contribution in [2.24, 2.45) is 0 Å². The summed E-state index contributed by atoms with van der Waals surface area (Å²) in [6.45, 7) is 4.74. The predicted molar refractivity (Wildman–Crippen MR) is 144 cm³/mol. The molecule has 0 saturated carbocycles. The van der Waals surface area contributed by atoms with Gasteiger partial charge in [-0.2, -0.15) is 0 Å². The lowest BCUT2D eigenvalue weighted by Gasteiger charge is -2.34. The Hall–Kier alpha value is -4.23. The summed E-state index contributed by atoms with van der Waals surface area (Å²) in [5, 5.41) is 3.03. The molecule has 1 N–H and O–H groups in total. The molecule has 1 aromatic heterocycles. The number of anilines is 1. The number of para-hydroxylation sites is 1. The van der Waals surface area contributed by atoms with Crippen LogP contribution in [-0.2, 0) is 11.2 Å². The number of aryl methyl sites for hydroxylation is 1. The number of hydrogen-bond acceptors (Lipinski definition) is 5. The Morgan fingerprint density at radius 1 is 0.892 bits per heavy atom. The number of aromatic nitrogens is 1. The van der Waals surface area contributed by atoms with Crippen molar-refractivity contribution in [3.8, 4) is 22.8 Å². The van der Waals surface area contributed by atoms with Crippen molar-refractivity contribution < 1.29 is 14.0 Å². The predicted octanol–water partition coefficient (Wildman–Crippen LogP) is 4.97. The Kier molecular flexibility index (Phi) is 7.42. The molecule has 5 rings (SSSR count). The van der Waals surface area contributed by atoms with E-state index >= 15 is 0 Å². The van der Waals surface area contributed by atoms with E-state index in [0.717, 1.165) is 23.2 Å². The van der Waals surface area contributed by atoms with Gasteiger partial charge < -0.3 is 14.6 Å². The fraction of sp³-hybridized carbons (Fsp3) is 0.233. The average molecular weight is 495 g/mol. The maximum absolute atomic E-state index is 13.5. The molecule has 1 aliphatic heterocycles. The second-order valence-corrected chi connectivity index (χ2v) is 9.07. The first-order valence-corrected chi connectivity index (χ1v) is 12.6. The summed E-state index contributed by atoms with van der Waals surface area (Å²) in [5.41, 5.74) is 4.15. The number of carbonyl (C=O) groups is 2. The normalized spacial score (nSPS) is 13.9. The van der Waals surface area contributed by atoms with E-state index in [-0.39, 0.29) is 11.8 Å². The number of carbonyl (C=O) groups excluding carboxylic acids is 2. The number of hydrogen-bond donors (Lipinski definition) is 1. The van der Waals surface area contributed by atoms with Gasteiger partial charge >= 0.3 is 0 Å². The van der Waals surface area contributed by atoms with Gasteiger partial charge in [-0.3, -0.25) is 14.5 Å². The lowest BCUT2D eigenvalue weighted by molar-refractivity contribution is -0.117. The maximum atomic E-state index is 13.5. The zero-order chi connectivity index (χ0) is 25.6. The van der Waals surface area contributed by atoms with Crippen LogP contribution in [0.5, 0.6) is 0 Å². The van der Waals surface area contributed by atoms with E-state index in [4.69, 9.17) is 4.42 Å². The van der Waals surface area contributed by atoms with Gasteiger partial charge in [0.1, 0.15) is 0 Å². The molecule has 2 heterocycles. The van der Waals surface area contributed by atoms with Gasteiger partial charge in [0, 0.05) is 43.0 Å². The number of nitrogens with zero attached hydrogens (tertiary/aromatic N) is 3. The van der Waals surface area contributed by atoms with Crippen LogP contribution in [0.3, 0.4) is 0 Å². The Balaban J connectivity index is 1.22. The molecule has 3 aromatic carbocycles. The van der Waals surface area contributed by atoms with Gasteiger partial charge in [0.05, 0.1) is 18.3 Å². The Morgan fingerprint density at radius 3 is 2.38 bits per heavy atom. The maximum Gasteiger partial charge on any atom is 0.254 e. The van der Waals surface area contributed by atoms with Gasteiger partial charge in [0.15, 0.2) is 5.76 Å². The van der Waals surface area contributed by atoms with Crippen LogP contribution in [0.2, 0.25) is 0 Å². The van der Waals surface area contributed by atoms with E-state index in [1.54, 1.807) is 6.20 Å². The molecule has 0 radical (unpaired) electrons. The fourth-order valence-electron chi connectivity index (χ4n) is 4.61. The molecule has 0 atom stereocenters. The smallest absolute Gasteiger partial charge is 0.254 e. The molecule has 1 aliphatic rings. The first-order chi connectivity index (χ1) is 18.1. The molecular weight excluding hydrogens is 464 g/mol. The number of amides is 2. The van der Waals surface area contributed by atoms with Crippen molar-refractivity contribution in [1.29, 1.82) is 0 Å². The molecule has 4 aromatic rings. The topological polar surface area (TPSA) is 78.7 Å². The second-order valence-electron chi connectivity index (χ2n) is 9.07. The molecule has 1 fully saturated rings. The quantitative estimate of drug-likeness (QED) is 0.393. The summed E-state index contributed by atoms with van der Waals surface area (Å²) in [5.74, 6) is 0.983. The minimum absolute atomic E-state index is 0.0378. The van der Waals surface area contributed by atoms with Crippen LogP contribution in [0.15, 0.2) is 89.5 Å². The van der Waals surface area contributed by atoms with Crippen molar-refractivity contribution in [3.05, 3.63) is 96.2 Å². The third kappa shape index (κ3) is 5.62. The van der Waals surface area contributed by atoms with Crippen LogP contribution in [0.1, 0.15) is 22.8 Å². The summed E-state index contributed by atoms with van der Waals surface area (Å²) < 4.78 is 6.03. The summed E-state index contributed by atoms with van der Waals surface area (Å²) in [4.78, 5) is 34.5. The zero-order valence-corrected chi connectivity index (χ0v) is 20.9. The Morgan fingerprint density at radius 2 is 1.59 bits per heavy atom. The van der Waals surface area contributed by atoms with E-state index in [1.807, 2.05) is 83.8 Å². The molecular formula is C30H30N4O3. The van der Waals surface area contributed by atoms with Crippen LogP contribution in [0, 0.1) is 0 Å². The van der Waals surface area contributed by atoms with Gasteiger partial charge in [-0.1, -0.05) is 67.6 Å². The highest BCUT2D eigenvalue weighted by molar-refractivity contribution is 6.00. The lowest BCUT2D eigenvalue weighted by Crippen LogP contribution is -2.50. The Labute approximate surface area is 216 Å². The van der Waals surface area contributed by atoms with E-state index in [1.165, 1.54) is 0 Å². The minimum Gasteiger partial charge on any atom is -0.436 e. The number of benzene rings is 3. The van der Waals surface area contributed by atoms with E-state index < -0.39 is 0 Å². The molecule has 0 unspecified atom stereocenters. The summed E-state index contributed by atoms with van der Waals surface area (Å²) in [6, 6.07) is 25.0. The average Bonchev–Trinajstić information content (AvgIpc) is 3.44. The van der Waals surface area contributed by atoms with Crippen LogP contribution in [0.25, 0.3) is 22.8 Å². The highest BCUT2D eigenvalue weighted by atomic mass is 16.4. The summed E-state index contributed by atoms with van der Waals surface area (Å²) in [6.07, 6.45) is 2.55. The molecule has 1 saturated heterocycles. The van der Waals surface area contributed by atoms with Crippen molar-refractivity contribution in [3.63, 3.8) is 0 Å². The van der Waals surface area contributed by atoms with Crippen molar-refractivity contribution in [1.82, 2.24) is 14.8 Å². The molecule has 37 heavy (non-hydrogen) atoms. The third-order valence-electron chi connectivity index (χ3n) is 6.65. The van der Waals surface area contributed by atoms with Crippen molar-refractivity contribution in [2.75, 3.05) is 38.0 Å². The van der Waals surface area contributed by atoms with Crippen LogP contribution < -0.4 is 5.32 Å². The molecule has 0 bridgehead atoms. The number of piperazine rings is 1. The molecule has 0 spiro atoms. The van der Waals surface area contributed by atoms with E-state index in [2.05, 4.69) is 22.1 Å². The standard InChI is InChI=1S/C30H30N4O3/c1-2-22-10-6-9-15-26(22)32-28(35)21-33-16-18-34(19-17-33)30(36)25-14-8-7-13-24(25)29-31-20-27(37-29)23-11-4-3-5-12-23/h3-15,20H,2,16-19,21H2,1H3,(H,32,35). The van der Waals surface area contributed by atoms with Gasteiger partial charge in [-0.15, -0.1) is 0 Å². The van der Waals surface area contributed by atoms with Gasteiger partial charge in [-0.25, -0.2) is 4.98 Å². The van der Waals surface area contributed by atoms with Gasteiger partial charge in [0.25, 0.3) is 5.91 Å². The van der Waals surface area contributed by atoms with E-state index in [9.17, 15) is 9.59 Å². The highest BCUT2D eigenvalue weighted by Crippen LogP contribution is 2.29. The molecule has 0 aliphatic carbocycles. The second kappa shape index (κ2) is 11.2.